The average Bonchev–Trinajstić information content (AvgIpc) is 3.41. The van der Waals surface area contributed by atoms with Crippen molar-refractivity contribution in [2.45, 2.75) is 186 Å². The first-order valence-electron chi connectivity index (χ1n) is 21.2. The van der Waals surface area contributed by atoms with Gasteiger partial charge in [-0.15, -0.1) is 0 Å². The fourth-order valence-corrected chi connectivity index (χ4v) is 7.03. The highest BCUT2D eigenvalue weighted by Crippen LogP contribution is 2.37. The van der Waals surface area contributed by atoms with Crippen LogP contribution in [0.2, 0.25) is 0 Å². The van der Waals surface area contributed by atoms with Gasteiger partial charge in [0.05, 0.1) is 31.3 Å². The first-order chi connectivity index (χ1) is 26.5. The van der Waals surface area contributed by atoms with Crippen LogP contribution in [0, 0.1) is 11.8 Å². The highest BCUT2D eigenvalue weighted by Gasteiger charge is 2.39. The van der Waals surface area contributed by atoms with E-state index in [4.69, 9.17) is 19.3 Å². The molecule has 12 heteroatoms. The van der Waals surface area contributed by atoms with Crippen molar-refractivity contribution >= 4 is 19.8 Å². The largest absolute Gasteiger partial charge is 0.469 e. The van der Waals surface area contributed by atoms with E-state index >= 15 is 0 Å². The number of rotatable bonds is 34. The van der Waals surface area contributed by atoms with Gasteiger partial charge in [-0.05, 0) is 57.3 Å². The molecule has 1 fully saturated rings. The van der Waals surface area contributed by atoms with Gasteiger partial charge in [-0.3, -0.25) is 14.1 Å². The van der Waals surface area contributed by atoms with Crippen LogP contribution in [0.15, 0.2) is 48.6 Å². The van der Waals surface area contributed by atoms with Crippen molar-refractivity contribution in [2.75, 3.05) is 13.2 Å². The van der Waals surface area contributed by atoms with E-state index in [9.17, 15) is 29.5 Å². The average molecular weight is 799 g/mol. The Kier molecular flexibility index (Phi) is 30.5. The van der Waals surface area contributed by atoms with E-state index in [0.717, 1.165) is 51.4 Å². The number of phosphoric acid groups is 1. The Morgan fingerprint density at radius 1 is 0.727 bits per heavy atom. The molecule has 0 unspecified atom stereocenters. The second-order valence-corrected chi connectivity index (χ2v) is 16.2. The molecule has 0 aromatic heterocycles. The summed E-state index contributed by atoms with van der Waals surface area (Å²) in [5.41, 5.74) is 0. The number of aliphatic hydroxyl groups excluding tert-OH is 3. The summed E-state index contributed by atoms with van der Waals surface area (Å²) in [6.07, 6.45) is 33.9. The van der Waals surface area contributed by atoms with Crippen molar-refractivity contribution in [3.8, 4) is 0 Å². The summed E-state index contributed by atoms with van der Waals surface area (Å²) in [5, 5.41) is 31.2. The monoisotopic (exact) mass is 799 g/mol. The van der Waals surface area contributed by atoms with Crippen LogP contribution < -0.4 is 0 Å². The van der Waals surface area contributed by atoms with Gasteiger partial charge in [-0.2, -0.15) is 0 Å². The number of ether oxygens (including phenoxy) is 2. The first kappa shape index (κ1) is 50.9. The molecular formula is C43H75O11P. The number of hydrogen-bond donors (Lipinski definition) is 5. The number of carbonyl (C=O) groups is 2. The zero-order valence-electron chi connectivity index (χ0n) is 33.9. The van der Waals surface area contributed by atoms with Crippen molar-refractivity contribution in [1.82, 2.24) is 0 Å². The molecule has 318 valence electrons. The lowest BCUT2D eigenvalue weighted by atomic mass is 9.89. The minimum absolute atomic E-state index is 0.170. The van der Waals surface area contributed by atoms with E-state index in [-0.39, 0.29) is 31.1 Å². The van der Waals surface area contributed by atoms with Gasteiger partial charge in [-0.1, -0.05) is 140 Å². The topological polar surface area (TPSA) is 180 Å². The second kappa shape index (κ2) is 32.9. The molecule has 5 N–H and O–H groups in total. The Balaban J connectivity index is 2.30. The minimum Gasteiger partial charge on any atom is -0.462 e. The number of aliphatic hydroxyl groups is 3. The van der Waals surface area contributed by atoms with Gasteiger partial charge in [0, 0.05) is 18.8 Å². The van der Waals surface area contributed by atoms with Crippen LogP contribution >= 0.6 is 7.82 Å². The third kappa shape index (κ3) is 28.9. The molecule has 1 aliphatic carbocycles. The number of unbranched alkanes of at least 4 members (excludes halogenated alkanes) is 14. The van der Waals surface area contributed by atoms with Crippen LogP contribution in [-0.4, -0.2) is 74.7 Å². The molecule has 0 saturated heterocycles. The molecule has 11 nitrogen and oxygen atoms in total. The lowest BCUT2D eigenvalue weighted by Crippen LogP contribution is -2.29. The Morgan fingerprint density at radius 2 is 1.33 bits per heavy atom. The summed E-state index contributed by atoms with van der Waals surface area (Å²) >= 11 is 0. The van der Waals surface area contributed by atoms with E-state index in [0.29, 0.717) is 19.3 Å². The molecule has 0 aliphatic heterocycles. The Hall–Kier alpha value is -2.11. The number of allylic oxidation sites excluding steroid dienone is 5. The maximum absolute atomic E-state index is 12.5. The van der Waals surface area contributed by atoms with E-state index in [1.165, 1.54) is 57.8 Å². The summed E-state index contributed by atoms with van der Waals surface area (Å²) in [5.74, 6) is -1.83. The smallest absolute Gasteiger partial charge is 0.462 e. The normalized spacial score (nSPS) is 20.3. The highest BCUT2D eigenvalue weighted by molar-refractivity contribution is 7.46. The molecule has 0 amide bonds. The number of esters is 2. The zero-order chi connectivity index (χ0) is 40.6. The van der Waals surface area contributed by atoms with Crippen molar-refractivity contribution in [1.29, 1.82) is 0 Å². The Bertz CT molecular complexity index is 1150. The van der Waals surface area contributed by atoms with Gasteiger partial charge in [-0.25, -0.2) is 4.57 Å². The maximum atomic E-state index is 12.5. The minimum atomic E-state index is -4.85. The van der Waals surface area contributed by atoms with Crippen LogP contribution in [-0.2, 0) is 28.2 Å². The Labute approximate surface area is 331 Å². The van der Waals surface area contributed by atoms with Crippen molar-refractivity contribution in [2.24, 2.45) is 11.8 Å². The second-order valence-electron chi connectivity index (χ2n) is 14.9. The predicted molar refractivity (Wildman–Crippen MR) is 218 cm³/mol. The van der Waals surface area contributed by atoms with E-state index in [2.05, 4.69) is 42.7 Å². The third-order valence-electron chi connectivity index (χ3n) is 9.92. The van der Waals surface area contributed by atoms with Gasteiger partial charge in [0.25, 0.3) is 0 Å². The van der Waals surface area contributed by atoms with Crippen molar-refractivity contribution in [3.63, 3.8) is 0 Å². The summed E-state index contributed by atoms with van der Waals surface area (Å²) in [6, 6.07) is 0. The van der Waals surface area contributed by atoms with Gasteiger partial charge >= 0.3 is 19.8 Å². The summed E-state index contributed by atoms with van der Waals surface area (Å²) in [6.45, 7) is 3.27. The molecule has 1 saturated carbocycles. The van der Waals surface area contributed by atoms with Crippen molar-refractivity contribution in [3.05, 3.63) is 48.6 Å². The van der Waals surface area contributed by atoms with Gasteiger partial charge in [0.2, 0.25) is 0 Å². The lowest BCUT2D eigenvalue weighted by molar-refractivity contribution is -0.160. The van der Waals surface area contributed by atoms with Crippen LogP contribution in [0.1, 0.15) is 162 Å². The maximum Gasteiger partial charge on any atom is 0.469 e. The molecule has 1 aliphatic rings. The molecule has 6 atom stereocenters. The molecule has 55 heavy (non-hydrogen) atoms. The van der Waals surface area contributed by atoms with Crippen LogP contribution in [0.5, 0.6) is 0 Å². The zero-order valence-corrected chi connectivity index (χ0v) is 34.8. The standard InChI is InChI=1S/C43H75O11P/c1-3-5-7-8-9-10-11-12-13-14-15-16-17-18-19-20-21-22-24-29-42(47)52-34-37(35-53-55(49,50)51)54-43(48)30-26-25-28-38-39(41(46)33-40(38)45)32-31-36(44)27-23-6-4-2/h9-10,12-13,25-26,31-32,36-41,44-46H,3-8,11,14-24,27-30,33-35H2,1-2H3,(H2,49,50,51)/b10-9-,13-12-,26-25-,32-31+/t36-,37-,38+,39-,40+,41-/m1/s1. The van der Waals surface area contributed by atoms with Crippen molar-refractivity contribution < 1.29 is 53.3 Å². The fourth-order valence-electron chi connectivity index (χ4n) is 6.67. The quantitative estimate of drug-likeness (QED) is 0.0181. The fraction of sp³-hybridized carbons (Fsp3) is 0.767. The first-order valence-corrected chi connectivity index (χ1v) is 22.7. The summed E-state index contributed by atoms with van der Waals surface area (Å²) in [7, 11) is -4.85. The van der Waals surface area contributed by atoms with Gasteiger partial charge < -0.3 is 34.6 Å². The van der Waals surface area contributed by atoms with Crippen LogP contribution in [0.3, 0.4) is 0 Å². The SMILES string of the molecule is CCCCC/C=C\C/C=C\CCCCCCCCCCCC(=O)OC[C@H](COP(=O)(O)O)OC(=O)C/C=C\C[C@H]1[C@@H](/C=C/[C@H](O)CCCCC)[C@H](O)C[C@@H]1O. The molecule has 0 aromatic carbocycles. The number of phosphoric ester groups is 1. The van der Waals surface area contributed by atoms with Gasteiger partial charge in [0.1, 0.15) is 6.61 Å². The molecule has 1 rings (SSSR count). The summed E-state index contributed by atoms with van der Waals surface area (Å²) in [4.78, 5) is 43.1. The van der Waals surface area contributed by atoms with Crippen LogP contribution in [0.25, 0.3) is 0 Å². The highest BCUT2D eigenvalue weighted by atomic mass is 31.2. The van der Waals surface area contributed by atoms with E-state index in [1.807, 2.05) is 0 Å². The van der Waals surface area contributed by atoms with Crippen LogP contribution in [0.4, 0.5) is 0 Å². The molecule has 0 aromatic rings. The Morgan fingerprint density at radius 3 is 1.96 bits per heavy atom. The molecule has 0 radical (unpaired) electrons. The molecule has 0 bridgehead atoms. The lowest BCUT2D eigenvalue weighted by Gasteiger charge is -2.20. The van der Waals surface area contributed by atoms with Gasteiger partial charge in [0.15, 0.2) is 6.10 Å². The number of carbonyl (C=O) groups excluding carboxylic acids is 2. The molecule has 0 heterocycles. The third-order valence-corrected chi connectivity index (χ3v) is 10.4. The predicted octanol–water partition coefficient (Wildman–Crippen LogP) is 9.12. The van der Waals surface area contributed by atoms with E-state index < -0.39 is 57.4 Å². The molecular weight excluding hydrogens is 723 g/mol. The summed E-state index contributed by atoms with van der Waals surface area (Å²) < 4.78 is 26.3. The molecule has 0 spiro atoms. The number of hydrogen-bond acceptors (Lipinski definition) is 9. The van der Waals surface area contributed by atoms with E-state index in [1.54, 1.807) is 24.3 Å².